The highest BCUT2D eigenvalue weighted by atomic mass is 35.5. The van der Waals surface area contributed by atoms with E-state index < -0.39 is 0 Å². The molecule has 21 heavy (non-hydrogen) atoms. The van der Waals surface area contributed by atoms with E-state index in [9.17, 15) is 4.79 Å². The minimum atomic E-state index is 0. The van der Waals surface area contributed by atoms with E-state index in [-0.39, 0.29) is 12.4 Å². The van der Waals surface area contributed by atoms with Crippen molar-refractivity contribution in [2.24, 2.45) is 17.8 Å². The molecular formula is C16H31ClN2O2. The molecule has 1 N–H and O–H groups in total. The molecule has 2 aliphatic rings. The minimum absolute atomic E-state index is 0. The van der Waals surface area contributed by atoms with Gasteiger partial charge in [-0.3, -0.25) is 4.79 Å². The Balaban J connectivity index is 0.00000220. The lowest BCUT2D eigenvalue weighted by Crippen LogP contribution is -2.42. The highest BCUT2D eigenvalue weighted by Crippen LogP contribution is 2.26. The van der Waals surface area contributed by atoms with Gasteiger partial charge in [-0.05, 0) is 56.5 Å². The number of rotatable bonds is 5. The summed E-state index contributed by atoms with van der Waals surface area (Å²) in [6.45, 7) is 7.10. The molecule has 0 aliphatic carbocycles. The van der Waals surface area contributed by atoms with Gasteiger partial charge in [0.05, 0.1) is 6.61 Å². The Kier molecular flexibility index (Phi) is 8.60. The first kappa shape index (κ1) is 18.7. The van der Waals surface area contributed by atoms with Crippen LogP contribution in [0.1, 0.15) is 39.0 Å². The highest BCUT2D eigenvalue weighted by molar-refractivity contribution is 5.85. The lowest BCUT2D eigenvalue weighted by atomic mass is 9.83. The molecule has 2 atom stereocenters. The number of nitrogens with zero attached hydrogens (tertiary/aromatic N) is 1. The van der Waals surface area contributed by atoms with Crippen molar-refractivity contribution in [3.63, 3.8) is 0 Å². The van der Waals surface area contributed by atoms with Crippen LogP contribution in [-0.4, -0.2) is 50.7 Å². The first-order valence-electron chi connectivity index (χ1n) is 8.18. The number of methoxy groups -OCH3 is 1. The Bertz CT molecular complexity index is 307. The molecule has 0 aromatic rings. The Morgan fingerprint density at radius 3 is 2.71 bits per heavy atom. The number of hydrogen-bond donors (Lipinski definition) is 1. The van der Waals surface area contributed by atoms with E-state index in [4.69, 9.17) is 4.74 Å². The van der Waals surface area contributed by atoms with Crippen LogP contribution in [0.4, 0.5) is 0 Å². The zero-order valence-corrected chi connectivity index (χ0v) is 14.3. The first-order chi connectivity index (χ1) is 9.70. The molecule has 2 heterocycles. The van der Waals surface area contributed by atoms with Crippen LogP contribution < -0.4 is 5.32 Å². The van der Waals surface area contributed by atoms with Gasteiger partial charge in [0.2, 0.25) is 5.91 Å². The lowest BCUT2D eigenvalue weighted by molar-refractivity contribution is -0.134. The van der Waals surface area contributed by atoms with E-state index in [2.05, 4.69) is 17.1 Å². The van der Waals surface area contributed by atoms with E-state index in [0.717, 1.165) is 51.5 Å². The van der Waals surface area contributed by atoms with Crippen molar-refractivity contribution >= 4 is 18.3 Å². The van der Waals surface area contributed by atoms with Gasteiger partial charge >= 0.3 is 0 Å². The van der Waals surface area contributed by atoms with Crippen LogP contribution in [0.5, 0.6) is 0 Å². The van der Waals surface area contributed by atoms with Crippen LogP contribution in [0, 0.1) is 17.8 Å². The Morgan fingerprint density at radius 2 is 2.05 bits per heavy atom. The summed E-state index contributed by atoms with van der Waals surface area (Å²) in [6.07, 6.45) is 5.49. The number of piperidine rings is 2. The summed E-state index contributed by atoms with van der Waals surface area (Å²) in [5.41, 5.74) is 0. The molecule has 0 bridgehead atoms. The molecule has 2 fully saturated rings. The summed E-state index contributed by atoms with van der Waals surface area (Å²) in [5.74, 6) is 2.14. The summed E-state index contributed by atoms with van der Waals surface area (Å²) >= 11 is 0. The van der Waals surface area contributed by atoms with Crippen LogP contribution in [0.15, 0.2) is 0 Å². The van der Waals surface area contributed by atoms with E-state index in [0.29, 0.717) is 17.7 Å². The fourth-order valence-electron chi connectivity index (χ4n) is 3.65. The molecule has 2 unspecified atom stereocenters. The number of ether oxygens (including phenoxy) is 1. The van der Waals surface area contributed by atoms with E-state index in [1.807, 2.05) is 0 Å². The predicted molar refractivity (Wildman–Crippen MR) is 87.8 cm³/mol. The molecule has 2 aliphatic heterocycles. The van der Waals surface area contributed by atoms with Crippen molar-refractivity contribution in [3.8, 4) is 0 Å². The Hall–Kier alpha value is -0.320. The van der Waals surface area contributed by atoms with Gasteiger partial charge in [-0.25, -0.2) is 0 Å². The SMILES string of the molecule is COCC1CCCN(C(=O)CC(C)C2CCNCC2)C1.Cl. The van der Waals surface area contributed by atoms with E-state index in [1.54, 1.807) is 7.11 Å². The maximum atomic E-state index is 12.5. The smallest absolute Gasteiger partial charge is 0.222 e. The zero-order chi connectivity index (χ0) is 14.4. The van der Waals surface area contributed by atoms with Gasteiger partial charge in [0.15, 0.2) is 0 Å². The molecule has 5 heteroatoms. The van der Waals surface area contributed by atoms with Crippen LogP contribution in [-0.2, 0) is 9.53 Å². The number of amides is 1. The van der Waals surface area contributed by atoms with Gasteiger partial charge in [-0.2, -0.15) is 0 Å². The molecule has 1 amide bonds. The van der Waals surface area contributed by atoms with Gasteiger partial charge in [0.1, 0.15) is 0 Å². The average Bonchev–Trinajstić information content (AvgIpc) is 2.48. The number of nitrogens with one attached hydrogen (secondary N) is 1. The van der Waals surface area contributed by atoms with Crippen molar-refractivity contribution in [1.29, 1.82) is 0 Å². The maximum absolute atomic E-state index is 12.5. The molecular weight excluding hydrogens is 288 g/mol. The maximum Gasteiger partial charge on any atom is 0.222 e. The topological polar surface area (TPSA) is 41.6 Å². The van der Waals surface area contributed by atoms with Crippen LogP contribution >= 0.6 is 12.4 Å². The second kappa shape index (κ2) is 9.65. The Labute approximate surface area is 135 Å². The summed E-state index contributed by atoms with van der Waals surface area (Å²) in [7, 11) is 1.75. The third-order valence-electron chi connectivity index (χ3n) is 4.96. The van der Waals surface area contributed by atoms with Gasteiger partial charge in [-0.1, -0.05) is 6.92 Å². The average molecular weight is 319 g/mol. The standard InChI is InChI=1S/C16H30N2O2.ClH/c1-13(15-5-7-17-8-6-15)10-16(19)18-9-3-4-14(11-18)12-20-2;/h13-15,17H,3-12H2,1-2H3;1H. The normalized spacial score (nSPS) is 25.2. The fourth-order valence-corrected chi connectivity index (χ4v) is 3.65. The molecule has 0 aromatic carbocycles. The summed E-state index contributed by atoms with van der Waals surface area (Å²) in [5, 5.41) is 3.40. The summed E-state index contributed by atoms with van der Waals surface area (Å²) in [6, 6.07) is 0. The molecule has 0 saturated carbocycles. The predicted octanol–water partition coefficient (Wildman–Crippen LogP) is 2.32. The number of carbonyl (C=O) groups is 1. The number of hydrogen-bond acceptors (Lipinski definition) is 3. The second-order valence-electron chi connectivity index (χ2n) is 6.57. The minimum Gasteiger partial charge on any atom is -0.384 e. The van der Waals surface area contributed by atoms with Crippen molar-refractivity contribution in [2.45, 2.75) is 39.0 Å². The van der Waals surface area contributed by atoms with Crippen LogP contribution in [0.2, 0.25) is 0 Å². The number of halogens is 1. The zero-order valence-electron chi connectivity index (χ0n) is 13.5. The quantitative estimate of drug-likeness (QED) is 0.846. The number of likely N-dealkylation sites (tertiary alicyclic amines) is 1. The third kappa shape index (κ3) is 5.76. The Morgan fingerprint density at radius 1 is 1.33 bits per heavy atom. The van der Waals surface area contributed by atoms with Crippen molar-refractivity contribution < 1.29 is 9.53 Å². The number of carbonyl (C=O) groups excluding carboxylic acids is 1. The van der Waals surface area contributed by atoms with Crippen molar-refractivity contribution in [2.75, 3.05) is 39.9 Å². The van der Waals surface area contributed by atoms with Crippen LogP contribution in [0.3, 0.4) is 0 Å². The van der Waals surface area contributed by atoms with Gasteiger partial charge in [0, 0.05) is 26.6 Å². The molecule has 124 valence electrons. The van der Waals surface area contributed by atoms with Crippen molar-refractivity contribution in [1.82, 2.24) is 10.2 Å². The summed E-state index contributed by atoms with van der Waals surface area (Å²) in [4.78, 5) is 14.5. The monoisotopic (exact) mass is 318 g/mol. The highest BCUT2D eigenvalue weighted by Gasteiger charge is 2.27. The molecule has 4 nitrogen and oxygen atoms in total. The van der Waals surface area contributed by atoms with Crippen LogP contribution in [0.25, 0.3) is 0 Å². The molecule has 2 saturated heterocycles. The molecule has 0 spiro atoms. The molecule has 0 radical (unpaired) electrons. The van der Waals surface area contributed by atoms with Gasteiger partial charge < -0.3 is 15.0 Å². The lowest BCUT2D eigenvalue weighted by Gasteiger charge is -2.34. The van der Waals surface area contributed by atoms with Gasteiger partial charge in [0.25, 0.3) is 0 Å². The molecule has 2 rings (SSSR count). The van der Waals surface area contributed by atoms with E-state index in [1.165, 1.54) is 19.3 Å². The van der Waals surface area contributed by atoms with Crippen molar-refractivity contribution in [3.05, 3.63) is 0 Å². The second-order valence-corrected chi connectivity index (χ2v) is 6.57. The van der Waals surface area contributed by atoms with Gasteiger partial charge in [-0.15, -0.1) is 12.4 Å². The first-order valence-corrected chi connectivity index (χ1v) is 8.18. The summed E-state index contributed by atoms with van der Waals surface area (Å²) < 4.78 is 5.24. The molecule has 0 aromatic heterocycles. The third-order valence-corrected chi connectivity index (χ3v) is 4.96. The fraction of sp³-hybridized carbons (Fsp3) is 0.938. The van der Waals surface area contributed by atoms with E-state index >= 15 is 0 Å². The largest absolute Gasteiger partial charge is 0.384 e.